The number of benzene rings is 1. The minimum absolute atomic E-state index is 0.0370. The summed E-state index contributed by atoms with van der Waals surface area (Å²) in [6, 6.07) is 4.59. The molecule has 2 aliphatic rings. The molecule has 1 unspecified atom stereocenters. The van der Waals surface area contributed by atoms with Crippen molar-refractivity contribution in [2.24, 2.45) is 11.1 Å². The van der Waals surface area contributed by atoms with E-state index in [1.54, 1.807) is 13.0 Å². The number of hydrogen-bond acceptors (Lipinski definition) is 5. The van der Waals surface area contributed by atoms with E-state index in [9.17, 15) is 22.8 Å². The molecule has 4 rings (SSSR count). The minimum Gasteiger partial charge on any atom is -0.399 e. The van der Waals surface area contributed by atoms with E-state index >= 15 is 0 Å². The highest BCUT2D eigenvalue weighted by Crippen LogP contribution is 2.44. The van der Waals surface area contributed by atoms with E-state index in [0.29, 0.717) is 23.6 Å². The molecule has 0 bridgehead atoms. The number of alkyl halides is 3. The Morgan fingerprint density at radius 2 is 2.09 bits per heavy atom. The van der Waals surface area contributed by atoms with Gasteiger partial charge in [0.2, 0.25) is 11.9 Å². The number of para-hydroxylation sites is 1. The Balaban J connectivity index is 1.77. The number of halogens is 3. The van der Waals surface area contributed by atoms with Crippen LogP contribution in [0.1, 0.15) is 51.0 Å². The van der Waals surface area contributed by atoms with Gasteiger partial charge in [0, 0.05) is 12.0 Å². The van der Waals surface area contributed by atoms with Gasteiger partial charge in [-0.3, -0.25) is 19.5 Å². The third-order valence-corrected chi connectivity index (χ3v) is 6.18. The molecular formula is C21H24F3N5O3. The number of anilines is 1. The SMILES string of the molecule is CON=C(C)c1cccc2c1nc1n2C(NC(=O)CCC2CCCC2)(C(F)(F)F)C(=O)N1. The average Bonchev–Trinajstić information content (AvgIpc) is 3.42. The van der Waals surface area contributed by atoms with Crippen LogP contribution in [0.5, 0.6) is 0 Å². The van der Waals surface area contributed by atoms with Crippen molar-refractivity contribution < 1.29 is 27.6 Å². The van der Waals surface area contributed by atoms with Crippen molar-refractivity contribution in [3.8, 4) is 0 Å². The normalized spacial score (nSPS) is 21.7. The van der Waals surface area contributed by atoms with E-state index in [-0.39, 0.29) is 23.4 Å². The molecule has 1 aromatic heterocycles. The van der Waals surface area contributed by atoms with Crippen LogP contribution in [0, 0.1) is 5.92 Å². The third-order valence-electron chi connectivity index (χ3n) is 6.18. The maximum Gasteiger partial charge on any atom is 0.440 e. The van der Waals surface area contributed by atoms with Gasteiger partial charge in [-0.25, -0.2) is 4.98 Å². The molecule has 2 amide bonds. The fourth-order valence-electron chi connectivity index (χ4n) is 4.63. The summed E-state index contributed by atoms with van der Waals surface area (Å²) in [7, 11) is 1.35. The predicted octanol–water partition coefficient (Wildman–Crippen LogP) is 3.66. The standard InChI is InChI=1S/C21H24F3N5O3/c1-12(28-32-2)14-8-5-9-15-17(14)25-19-26-18(31)20(29(15)19,21(22,23)24)27-16(30)11-10-13-6-3-4-7-13/h5,8-9,13H,3-4,6-7,10-11H2,1-2H3,(H,27,30)(H,25,26,31). The second kappa shape index (κ2) is 8.10. The van der Waals surface area contributed by atoms with E-state index in [1.165, 1.54) is 19.2 Å². The van der Waals surface area contributed by atoms with E-state index in [4.69, 9.17) is 4.84 Å². The average molecular weight is 451 g/mol. The first-order valence-electron chi connectivity index (χ1n) is 10.5. The Hall–Kier alpha value is -3.11. The van der Waals surface area contributed by atoms with Crippen LogP contribution < -0.4 is 10.6 Å². The molecular weight excluding hydrogens is 427 g/mol. The third kappa shape index (κ3) is 3.49. The van der Waals surface area contributed by atoms with Crippen molar-refractivity contribution in [3.05, 3.63) is 23.8 Å². The van der Waals surface area contributed by atoms with Gasteiger partial charge in [-0.15, -0.1) is 0 Å². The first-order chi connectivity index (χ1) is 15.2. The molecule has 1 saturated carbocycles. The van der Waals surface area contributed by atoms with Gasteiger partial charge in [-0.2, -0.15) is 13.2 Å². The number of carbonyl (C=O) groups excluding carboxylic acids is 2. The molecule has 2 N–H and O–H groups in total. The molecule has 172 valence electrons. The van der Waals surface area contributed by atoms with Gasteiger partial charge in [0.05, 0.1) is 11.2 Å². The minimum atomic E-state index is -5.11. The number of oxime groups is 1. The lowest BCUT2D eigenvalue weighted by Gasteiger charge is -2.32. The predicted molar refractivity (Wildman–Crippen MR) is 111 cm³/mol. The Morgan fingerprint density at radius 1 is 1.38 bits per heavy atom. The zero-order valence-corrected chi connectivity index (χ0v) is 17.8. The molecule has 2 aromatic rings. The quantitative estimate of drug-likeness (QED) is 0.517. The van der Waals surface area contributed by atoms with Crippen LogP contribution in [0.15, 0.2) is 23.4 Å². The molecule has 0 spiro atoms. The molecule has 1 fully saturated rings. The van der Waals surface area contributed by atoms with Crippen LogP contribution in [-0.2, 0) is 20.1 Å². The van der Waals surface area contributed by atoms with Gasteiger partial charge in [0.1, 0.15) is 12.6 Å². The van der Waals surface area contributed by atoms with Crippen molar-refractivity contribution >= 4 is 34.5 Å². The van der Waals surface area contributed by atoms with Crippen LogP contribution in [-0.4, -0.2) is 40.4 Å². The van der Waals surface area contributed by atoms with Crippen LogP contribution in [0.2, 0.25) is 0 Å². The zero-order chi connectivity index (χ0) is 23.1. The fourth-order valence-corrected chi connectivity index (χ4v) is 4.63. The van der Waals surface area contributed by atoms with Crippen molar-refractivity contribution in [1.82, 2.24) is 14.9 Å². The molecule has 1 aromatic carbocycles. The van der Waals surface area contributed by atoms with Crippen LogP contribution in [0.25, 0.3) is 11.0 Å². The highest BCUT2D eigenvalue weighted by Gasteiger charge is 2.67. The van der Waals surface area contributed by atoms with Gasteiger partial charge in [0.25, 0.3) is 11.6 Å². The van der Waals surface area contributed by atoms with Gasteiger partial charge < -0.3 is 10.2 Å². The lowest BCUT2D eigenvalue weighted by Crippen LogP contribution is -2.63. The van der Waals surface area contributed by atoms with Gasteiger partial charge >= 0.3 is 6.18 Å². The Labute approximate surface area is 182 Å². The largest absolute Gasteiger partial charge is 0.440 e. The molecule has 0 radical (unpaired) electrons. The van der Waals surface area contributed by atoms with E-state index in [2.05, 4.69) is 15.5 Å². The summed E-state index contributed by atoms with van der Waals surface area (Å²) in [5, 5.41) is 8.02. The maximum absolute atomic E-state index is 14.5. The van der Waals surface area contributed by atoms with Gasteiger partial charge in [0.15, 0.2) is 0 Å². The number of amides is 2. The van der Waals surface area contributed by atoms with Gasteiger partial charge in [-0.05, 0) is 25.3 Å². The highest BCUT2D eigenvalue weighted by atomic mass is 19.4. The second-order valence-electron chi connectivity index (χ2n) is 8.20. The second-order valence-corrected chi connectivity index (χ2v) is 8.20. The van der Waals surface area contributed by atoms with E-state index < -0.39 is 23.7 Å². The Kier molecular flexibility index (Phi) is 5.59. The number of hydrogen-bond donors (Lipinski definition) is 2. The molecule has 1 aliphatic heterocycles. The lowest BCUT2D eigenvalue weighted by atomic mass is 10.0. The maximum atomic E-state index is 14.5. The molecule has 32 heavy (non-hydrogen) atoms. The van der Waals surface area contributed by atoms with Gasteiger partial charge in [-0.1, -0.05) is 43.0 Å². The van der Waals surface area contributed by atoms with Crippen molar-refractivity contribution in [2.45, 2.75) is 57.3 Å². The summed E-state index contributed by atoms with van der Waals surface area (Å²) >= 11 is 0. The number of aromatic nitrogens is 2. The zero-order valence-electron chi connectivity index (χ0n) is 17.8. The number of fused-ring (bicyclic) bond motifs is 3. The summed E-state index contributed by atoms with van der Waals surface area (Å²) < 4.78 is 44.1. The first-order valence-corrected chi connectivity index (χ1v) is 10.5. The molecule has 1 aliphatic carbocycles. The molecule has 11 heteroatoms. The summed E-state index contributed by atoms with van der Waals surface area (Å²) in [6.45, 7) is 1.63. The smallest absolute Gasteiger partial charge is 0.399 e. The summed E-state index contributed by atoms with van der Waals surface area (Å²) in [4.78, 5) is 34.3. The van der Waals surface area contributed by atoms with E-state index in [1.807, 2.05) is 5.32 Å². The molecule has 1 atom stereocenters. The highest BCUT2D eigenvalue weighted by molar-refractivity contribution is 6.11. The Morgan fingerprint density at radius 3 is 2.75 bits per heavy atom. The van der Waals surface area contributed by atoms with Crippen LogP contribution >= 0.6 is 0 Å². The van der Waals surface area contributed by atoms with Crippen LogP contribution in [0.3, 0.4) is 0 Å². The van der Waals surface area contributed by atoms with E-state index in [0.717, 1.165) is 30.3 Å². The number of rotatable bonds is 6. The number of imidazole rings is 1. The summed E-state index contributed by atoms with van der Waals surface area (Å²) in [6.07, 6.45) is -0.609. The summed E-state index contributed by atoms with van der Waals surface area (Å²) in [5.74, 6) is -2.19. The lowest BCUT2D eigenvalue weighted by molar-refractivity contribution is -0.217. The number of nitrogens with one attached hydrogen (secondary N) is 2. The van der Waals surface area contributed by atoms with Crippen molar-refractivity contribution in [1.29, 1.82) is 0 Å². The molecule has 8 nitrogen and oxygen atoms in total. The Bertz CT molecular complexity index is 1090. The number of carbonyl (C=O) groups is 2. The number of nitrogens with zero attached hydrogens (tertiary/aromatic N) is 3. The first kappa shape index (κ1) is 22.1. The fraction of sp³-hybridized carbons (Fsp3) is 0.524. The molecule has 2 heterocycles. The van der Waals surface area contributed by atoms with Crippen molar-refractivity contribution in [3.63, 3.8) is 0 Å². The summed E-state index contributed by atoms with van der Waals surface area (Å²) in [5.41, 5.74) is -2.19. The topological polar surface area (TPSA) is 97.6 Å². The van der Waals surface area contributed by atoms with Crippen LogP contribution in [0.4, 0.5) is 19.1 Å². The van der Waals surface area contributed by atoms with Crippen molar-refractivity contribution in [2.75, 3.05) is 12.4 Å². The molecule has 0 saturated heterocycles. The monoisotopic (exact) mass is 451 g/mol.